The Kier molecular flexibility index (Phi) is 3.25. The molecule has 0 radical (unpaired) electrons. The molecule has 0 aliphatic heterocycles. The lowest BCUT2D eigenvalue weighted by Gasteiger charge is -2.31. The van der Waals surface area contributed by atoms with Crippen LogP contribution in [0.15, 0.2) is 48.8 Å². The Hall–Kier alpha value is -2.43. The Morgan fingerprint density at radius 1 is 1.05 bits per heavy atom. The Bertz CT molecular complexity index is 759. The molecule has 1 aromatic carbocycles. The van der Waals surface area contributed by atoms with Crippen molar-refractivity contribution in [3.8, 4) is 0 Å². The number of fused-ring (bicyclic) bond motifs is 1. The molecule has 0 unspecified atom stereocenters. The van der Waals surface area contributed by atoms with E-state index >= 15 is 0 Å². The van der Waals surface area contributed by atoms with E-state index in [1.54, 1.807) is 4.63 Å². The van der Waals surface area contributed by atoms with Crippen LogP contribution in [0.3, 0.4) is 0 Å². The summed E-state index contributed by atoms with van der Waals surface area (Å²) in [7, 11) is 0. The van der Waals surface area contributed by atoms with E-state index < -0.39 is 0 Å². The van der Waals surface area contributed by atoms with Crippen LogP contribution in [0.5, 0.6) is 0 Å². The molecule has 112 valence electrons. The van der Waals surface area contributed by atoms with Crippen molar-refractivity contribution in [2.45, 2.75) is 37.6 Å². The SMILES string of the molecule is c1ccc(CC2(Nc3ccc4ncnn4n3)CCCC2)cc1. The molecule has 2 heterocycles. The summed E-state index contributed by atoms with van der Waals surface area (Å²) < 4.78 is 1.58. The summed E-state index contributed by atoms with van der Waals surface area (Å²) in [5, 5.41) is 12.3. The van der Waals surface area contributed by atoms with Gasteiger partial charge < -0.3 is 5.32 Å². The smallest absolute Gasteiger partial charge is 0.176 e. The van der Waals surface area contributed by atoms with Crippen LogP contribution in [-0.2, 0) is 6.42 Å². The van der Waals surface area contributed by atoms with Crippen LogP contribution in [0.25, 0.3) is 5.65 Å². The van der Waals surface area contributed by atoms with Gasteiger partial charge in [-0.05, 0) is 37.0 Å². The highest BCUT2D eigenvalue weighted by Crippen LogP contribution is 2.35. The van der Waals surface area contributed by atoms with E-state index in [2.05, 4.69) is 50.8 Å². The Labute approximate surface area is 129 Å². The molecule has 5 nitrogen and oxygen atoms in total. The zero-order valence-corrected chi connectivity index (χ0v) is 12.4. The Balaban J connectivity index is 1.61. The van der Waals surface area contributed by atoms with Gasteiger partial charge in [0, 0.05) is 5.54 Å². The topological polar surface area (TPSA) is 55.1 Å². The fourth-order valence-electron chi connectivity index (χ4n) is 3.44. The Morgan fingerprint density at radius 2 is 1.86 bits per heavy atom. The van der Waals surface area contributed by atoms with Gasteiger partial charge in [-0.15, -0.1) is 14.8 Å². The zero-order chi connectivity index (χ0) is 14.8. The quantitative estimate of drug-likeness (QED) is 0.803. The number of rotatable bonds is 4. The molecule has 1 saturated carbocycles. The van der Waals surface area contributed by atoms with Gasteiger partial charge in [-0.1, -0.05) is 43.2 Å². The van der Waals surface area contributed by atoms with Crippen LogP contribution in [-0.4, -0.2) is 25.4 Å². The highest BCUT2D eigenvalue weighted by molar-refractivity contribution is 5.45. The average Bonchev–Trinajstić information content (AvgIpc) is 3.17. The largest absolute Gasteiger partial charge is 0.363 e. The van der Waals surface area contributed by atoms with Crippen molar-refractivity contribution in [1.29, 1.82) is 0 Å². The predicted octanol–water partition coefficient (Wildman–Crippen LogP) is 3.09. The van der Waals surface area contributed by atoms with Crippen LogP contribution in [0, 0.1) is 0 Å². The summed E-state index contributed by atoms with van der Waals surface area (Å²) in [5.41, 5.74) is 2.25. The molecular formula is C17H19N5. The lowest BCUT2D eigenvalue weighted by molar-refractivity contribution is 0.475. The number of nitrogens with one attached hydrogen (secondary N) is 1. The summed E-state index contributed by atoms with van der Waals surface area (Å²) in [6.45, 7) is 0. The van der Waals surface area contributed by atoms with Gasteiger partial charge >= 0.3 is 0 Å². The first-order valence-electron chi connectivity index (χ1n) is 7.82. The maximum atomic E-state index is 4.52. The molecular weight excluding hydrogens is 274 g/mol. The lowest BCUT2D eigenvalue weighted by Crippen LogP contribution is -2.38. The average molecular weight is 293 g/mol. The monoisotopic (exact) mass is 293 g/mol. The van der Waals surface area contributed by atoms with Gasteiger partial charge in [-0.3, -0.25) is 0 Å². The van der Waals surface area contributed by atoms with E-state index in [0.717, 1.165) is 17.9 Å². The normalized spacial score (nSPS) is 16.9. The standard InChI is InChI=1S/C17H19N5/c1-2-6-14(7-3-1)12-17(10-4-5-11-17)20-15-8-9-16-18-13-19-22(16)21-15/h1-3,6-9,13H,4-5,10-12H2,(H,20,21). The molecule has 0 spiro atoms. The summed E-state index contributed by atoms with van der Waals surface area (Å²) in [5.74, 6) is 0.871. The fraction of sp³-hybridized carbons (Fsp3) is 0.353. The number of hydrogen-bond acceptors (Lipinski definition) is 4. The molecule has 1 fully saturated rings. The first kappa shape index (κ1) is 13.2. The molecule has 4 rings (SSSR count). The predicted molar refractivity (Wildman–Crippen MR) is 85.7 cm³/mol. The minimum Gasteiger partial charge on any atom is -0.363 e. The number of anilines is 1. The summed E-state index contributed by atoms with van der Waals surface area (Å²) in [6.07, 6.45) is 7.46. The number of nitrogens with zero attached hydrogens (tertiary/aromatic N) is 4. The molecule has 0 atom stereocenters. The van der Waals surface area contributed by atoms with Crippen LogP contribution in [0.2, 0.25) is 0 Å². The lowest BCUT2D eigenvalue weighted by atomic mass is 9.89. The third kappa shape index (κ3) is 2.54. The molecule has 2 aromatic heterocycles. The number of hydrogen-bond donors (Lipinski definition) is 1. The number of aromatic nitrogens is 4. The van der Waals surface area contributed by atoms with Crippen molar-refractivity contribution in [2.75, 3.05) is 5.32 Å². The molecule has 0 bridgehead atoms. The van der Waals surface area contributed by atoms with Crippen molar-refractivity contribution in [2.24, 2.45) is 0 Å². The van der Waals surface area contributed by atoms with E-state index in [-0.39, 0.29) is 5.54 Å². The molecule has 3 aromatic rings. The number of benzene rings is 1. The Morgan fingerprint density at radius 3 is 2.68 bits per heavy atom. The molecule has 5 heteroatoms. The molecule has 1 aliphatic rings. The van der Waals surface area contributed by atoms with E-state index in [9.17, 15) is 0 Å². The van der Waals surface area contributed by atoms with Gasteiger partial charge in [0.05, 0.1) is 0 Å². The van der Waals surface area contributed by atoms with Crippen LogP contribution in [0.4, 0.5) is 5.82 Å². The highest BCUT2D eigenvalue weighted by Gasteiger charge is 2.34. The van der Waals surface area contributed by atoms with E-state index in [0.29, 0.717) is 0 Å². The van der Waals surface area contributed by atoms with Crippen molar-refractivity contribution in [3.63, 3.8) is 0 Å². The molecule has 22 heavy (non-hydrogen) atoms. The third-order valence-corrected chi connectivity index (χ3v) is 4.49. The minimum atomic E-state index is 0.0998. The maximum Gasteiger partial charge on any atom is 0.176 e. The van der Waals surface area contributed by atoms with Crippen molar-refractivity contribution >= 4 is 11.5 Å². The second-order valence-electron chi connectivity index (χ2n) is 6.10. The van der Waals surface area contributed by atoms with E-state index in [4.69, 9.17) is 0 Å². The van der Waals surface area contributed by atoms with Crippen molar-refractivity contribution in [3.05, 3.63) is 54.4 Å². The van der Waals surface area contributed by atoms with Gasteiger partial charge in [-0.25, -0.2) is 4.98 Å². The van der Waals surface area contributed by atoms with Gasteiger partial charge in [0.2, 0.25) is 0 Å². The van der Waals surface area contributed by atoms with Crippen LogP contribution >= 0.6 is 0 Å². The van der Waals surface area contributed by atoms with Crippen LogP contribution < -0.4 is 5.32 Å². The van der Waals surface area contributed by atoms with Gasteiger partial charge in [-0.2, -0.15) is 0 Å². The van der Waals surface area contributed by atoms with E-state index in [1.165, 1.54) is 37.6 Å². The van der Waals surface area contributed by atoms with Crippen molar-refractivity contribution in [1.82, 2.24) is 19.8 Å². The second-order valence-corrected chi connectivity index (χ2v) is 6.10. The second kappa shape index (κ2) is 5.40. The fourth-order valence-corrected chi connectivity index (χ4v) is 3.44. The summed E-state index contributed by atoms with van der Waals surface area (Å²) >= 11 is 0. The summed E-state index contributed by atoms with van der Waals surface area (Å²) in [6, 6.07) is 14.6. The third-order valence-electron chi connectivity index (χ3n) is 4.49. The molecule has 0 saturated heterocycles. The van der Waals surface area contributed by atoms with Gasteiger partial charge in [0.25, 0.3) is 0 Å². The molecule has 1 aliphatic carbocycles. The first-order valence-corrected chi connectivity index (χ1v) is 7.82. The summed E-state index contributed by atoms with van der Waals surface area (Å²) in [4.78, 5) is 4.14. The van der Waals surface area contributed by atoms with E-state index in [1.807, 2.05) is 12.1 Å². The van der Waals surface area contributed by atoms with Gasteiger partial charge in [0.15, 0.2) is 5.65 Å². The highest BCUT2D eigenvalue weighted by atomic mass is 15.5. The first-order chi connectivity index (χ1) is 10.8. The molecule has 0 amide bonds. The van der Waals surface area contributed by atoms with Crippen molar-refractivity contribution < 1.29 is 0 Å². The van der Waals surface area contributed by atoms with Gasteiger partial charge in [0.1, 0.15) is 12.1 Å². The van der Waals surface area contributed by atoms with Crippen LogP contribution in [0.1, 0.15) is 31.2 Å². The molecule has 1 N–H and O–H groups in total. The minimum absolute atomic E-state index is 0.0998. The zero-order valence-electron chi connectivity index (χ0n) is 12.4. The maximum absolute atomic E-state index is 4.52.